The number of nitrogens with one attached hydrogen (secondary N) is 2. The molecule has 32 heavy (non-hydrogen) atoms. The molecule has 3 N–H and O–H groups in total. The smallest absolute Gasteiger partial charge is 0.256 e. The molecular weight excluding hydrogens is 400 g/mol. The van der Waals surface area contributed by atoms with E-state index in [4.69, 9.17) is 0 Å². The van der Waals surface area contributed by atoms with Crippen LogP contribution in [0.4, 0.5) is 0 Å². The average molecular weight is 420 g/mol. The molecule has 0 saturated heterocycles. The van der Waals surface area contributed by atoms with Gasteiger partial charge < -0.3 is 15.4 Å². The number of hydrogen-bond donors (Lipinski definition) is 3. The number of pyridine rings is 1. The Labute approximate surface area is 184 Å². The molecule has 0 fully saturated rings. The van der Waals surface area contributed by atoms with Crippen LogP contribution in [-0.4, -0.2) is 26.0 Å². The maximum atomic E-state index is 13.6. The Morgan fingerprint density at radius 2 is 1.59 bits per heavy atom. The van der Waals surface area contributed by atoms with Crippen LogP contribution in [0.1, 0.15) is 27.8 Å². The fourth-order valence-electron chi connectivity index (χ4n) is 3.82. The molecule has 1 unspecified atom stereocenters. The summed E-state index contributed by atoms with van der Waals surface area (Å²) in [7, 11) is 0. The SMILES string of the molecule is O=C(NC(c1ccccc1)c1ncc[nH]1)c1c(O)c(-c2ccccc2)nc2ccccc12. The van der Waals surface area contributed by atoms with E-state index in [2.05, 4.69) is 20.3 Å². The highest BCUT2D eigenvalue weighted by molar-refractivity contribution is 6.10. The zero-order valence-corrected chi connectivity index (χ0v) is 17.1. The van der Waals surface area contributed by atoms with Gasteiger partial charge in [-0.3, -0.25) is 4.79 Å². The van der Waals surface area contributed by atoms with Crippen molar-refractivity contribution in [3.05, 3.63) is 114 Å². The van der Waals surface area contributed by atoms with E-state index in [0.29, 0.717) is 22.4 Å². The summed E-state index contributed by atoms with van der Waals surface area (Å²) in [6.45, 7) is 0. The lowest BCUT2D eigenvalue weighted by Crippen LogP contribution is -2.30. The normalized spacial score (nSPS) is 11.9. The molecular formula is C26H20N4O2. The highest BCUT2D eigenvalue weighted by Gasteiger charge is 2.25. The summed E-state index contributed by atoms with van der Waals surface area (Å²) < 4.78 is 0. The van der Waals surface area contributed by atoms with Crippen molar-refractivity contribution in [2.75, 3.05) is 0 Å². The second-order valence-corrected chi connectivity index (χ2v) is 7.36. The summed E-state index contributed by atoms with van der Waals surface area (Å²) in [5.41, 5.74) is 2.78. The number of aromatic amines is 1. The van der Waals surface area contributed by atoms with Gasteiger partial charge in [0.1, 0.15) is 17.6 Å². The van der Waals surface area contributed by atoms with Crippen molar-refractivity contribution in [2.24, 2.45) is 0 Å². The Balaban J connectivity index is 1.63. The number of rotatable bonds is 5. The molecule has 5 rings (SSSR count). The summed E-state index contributed by atoms with van der Waals surface area (Å²) in [4.78, 5) is 25.7. The molecule has 0 aliphatic carbocycles. The van der Waals surface area contributed by atoms with Crippen molar-refractivity contribution < 1.29 is 9.90 Å². The van der Waals surface area contributed by atoms with E-state index in [1.165, 1.54) is 0 Å². The number of carbonyl (C=O) groups is 1. The van der Waals surface area contributed by atoms with E-state index in [-0.39, 0.29) is 11.3 Å². The molecule has 0 spiro atoms. The Bertz CT molecular complexity index is 1370. The number of fused-ring (bicyclic) bond motifs is 1. The maximum absolute atomic E-state index is 13.6. The minimum Gasteiger partial charge on any atom is -0.505 e. The van der Waals surface area contributed by atoms with Crippen molar-refractivity contribution in [3.8, 4) is 17.0 Å². The Morgan fingerprint density at radius 1 is 0.906 bits per heavy atom. The van der Waals surface area contributed by atoms with Gasteiger partial charge in [0.05, 0.1) is 11.1 Å². The predicted octanol–water partition coefficient (Wildman–Crippen LogP) is 4.85. The monoisotopic (exact) mass is 420 g/mol. The molecule has 0 radical (unpaired) electrons. The number of nitrogens with zero attached hydrogens (tertiary/aromatic N) is 2. The minimum atomic E-state index is -0.509. The van der Waals surface area contributed by atoms with Gasteiger partial charge in [-0.15, -0.1) is 0 Å². The third kappa shape index (κ3) is 3.58. The number of aromatic hydroxyl groups is 1. The fourth-order valence-corrected chi connectivity index (χ4v) is 3.82. The van der Waals surface area contributed by atoms with Crippen LogP contribution < -0.4 is 5.32 Å². The number of amides is 1. The van der Waals surface area contributed by atoms with Crippen LogP contribution in [0.25, 0.3) is 22.2 Å². The molecule has 0 aliphatic heterocycles. The number of para-hydroxylation sites is 1. The van der Waals surface area contributed by atoms with Crippen molar-refractivity contribution in [3.63, 3.8) is 0 Å². The molecule has 3 aromatic carbocycles. The molecule has 156 valence electrons. The number of aromatic nitrogens is 3. The Kier molecular flexibility index (Phi) is 5.09. The van der Waals surface area contributed by atoms with Gasteiger partial charge in [0.25, 0.3) is 5.91 Å². The summed E-state index contributed by atoms with van der Waals surface area (Å²) in [6.07, 6.45) is 3.36. The number of imidazole rings is 1. The lowest BCUT2D eigenvalue weighted by molar-refractivity contribution is 0.0940. The Hall–Kier alpha value is -4.45. The van der Waals surface area contributed by atoms with Crippen LogP contribution in [0.15, 0.2) is 97.3 Å². The molecule has 2 aromatic heterocycles. The molecule has 0 bridgehead atoms. The zero-order chi connectivity index (χ0) is 21.9. The second kappa shape index (κ2) is 8.35. The van der Waals surface area contributed by atoms with Gasteiger partial charge in [-0.1, -0.05) is 78.9 Å². The van der Waals surface area contributed by atoms with E-state index in [1.807, 2.05) is 78.9 Å². The first-order valence-corrected chi connectivity index (χ1v) is 10.2. The molecule has 5 aromatic rings. The standard InChI is InChI=1S/C26H20N4O2/c31-24-21(19-13-7-8-14-20(19)29-22(24)17-9-3-1-4-10-17)26(32)30-23(25-27-15-16-28-25)18-11-5-2-6-12-18/h1-16,23,31H,(H,27,28)(H,30,32). The van der Waals surface area contributed by atoms with Crippen molar-refractivity contribution in [1.82, 2.24) is 20.3 Å². The van der Waals surface area contributed by atoms with Crippen LogP contribution in [-0.2, 0) is 0 Å². The van der Waals surface area contributed by atoms with Crippen LogP contribution >= 0.6 is 0 Å². The highest BCUT2D eigenvalue weighted by Crippen LogP contribution is 2.35. The minimum absolute atomic E-state index is 0.154. The van der Waals surface area contributed by atoms with Crippen LogP contribution in [0, 0.1) is 0 Å². The van der Waals surface area contributed by atoms with Crippen LogP contribution in [0.5, 0.6) is 5.75 Å². The first-order valence-electron chi connectivity index (χ1n) is 10.2. The van der Waals surface area contributed by atoms with Crippen molar-refractivity contribution in [2.45, 2.75) is 6.04 Å². The predicted molar refractivity (Wildman–Crippen MR) is 123 cm³/mol. The van der Waals surface area contributed by atoms with E-state index < -0.39 is 11.9 Å². The highest BCUT2D eigenvalue weighted by atomic mass is 16.3. The molecule has 1 atom stereocenters. The second-order valence-electron chi connectivity index (χ2n) is 7.36. The third-order valence-corrected chi connectivity index (χ3v) is 5.34. The van der Waals surface area contributed by atoms with E-state index in [9.17, 15) is 9.90 Å². The quantitative estimate of drug-likeness (QED) is 0.379. The largest absolute Gasteiger partial charge is 0.505 e. The van der Waals surface area contributed by atoms with E-state index in [1.54, 1.807) is 18.5 Å². The molecule has 2 heterocycles. The van der Waals surface area contributed by atoms with Crippen LogP contribution in [0.2, 0.25) is 0 Å². The van der Waals surface area contributed by atoms with Crippen LogP contribution in [0.3, 0.4) is 0 Å². The first-order chi connectivity index (χ1) is 15.7. The number of H-pyrrole nitrogens is 1. The summed E-state index contributed by atoms with van der Waals surface area (Å²) in [5, 5.41) is 14.8. The zero-order valence-electron chi connectivity index (χ0n) is 17.1. The lowest BCUT2D eigenvalue weighted by Gasteiger charge is -2.19. The third-order valence-electron chi connectivity index (χ3n) is 5.34. The van der Waals surface area contributed by atoms with E-state index >= 15 is 0 Å². The fraction of sp³-hybridized carbons (Fsp3) is 0.0385. The maximum Gasteiger partial charge on any atom is 0.256 e. The van der Waals surface area contributed by atoms with Gasteiger partial charge in [0.2, 0.25) is 0 Å². The summed E-state index contributed by atoms with van der Waals surface area (Å²) in [5.74, 6) is 0.0351. The lowest BCUT2D eigenvalue weighted by atomic mass is 10.0. The first kappa shape index (κ1) is 19.5. The van der Waals surface area contributed by atoms with Gasteiger partial charge in [0, 0.05) is 23.3 Å². The number of hydrogen-bond acceptors (Lipinski definition) is 4. The summed E-state index contributed by atoms with van der Waals surface area (Å²) in [6, 6.07) is 25.7. The van der Waals surface area contributed by atoms with Crippen molar-refractivity contribution >= 4 is 16.8 Å². The van der Waals surface area contributed by atoms with Gasteiger partial charge >= 0.3 is 0 Å². The van der Waals surface area contributed by atoms with Gasteiger partial charge in [0.15, 0.2) is 5.75 Å². The number of carbonyl (C=O) groups excluding carboxylic acids is 1. The number of benzene rings is 3. The molecule has 6 nitrogen and oxygen atoms in total. The topological polar surface area (TPSA) is 90.9 Å². The van der Waals surface area contributed by atoms with Gasteiger partial charge in [-0.05, 0) is 11.6 Å². The average Bonchev–Trinajstić information content (AvgIpc) is 3.38. The molecule has 0 saturated carbocycles. The van der Waals surface area contributed by atoms with Gasteiger partial charge in [-0.2, -0.15) is 0 Å². The van der Waals surface area contributed by atoms with E-state index in [0.717, 1.165) is 11.1 Å². The molecule has 1 amide bonds. The molecule has 0 aliphatic rings. The summed E-state index contributed by atoms with van der Waals surface area (Å²) >= 11 is 0. The Morgan fingerprint density at radius 3 is 2.31 bits per heavy atom. The molecule has 6 heteroatoms. The van der Waals surface area contributed by atoms with Gasteiger partial charge in [-0.25, -0.2) is 9.97 Å². The van der Waals surface area contributed by atoms with Crippen molar-refractivity contribution in [1.29, 1.82) is 0 Å².